The van der Waals surface area contributed by atoms with E-state index in [1.54, 1.807) is 18.2 Å². The Kier molecular flexibility index (Phi) is 4.42. The predicted octanol–water partition coefficient (Wildman–Crippen LogP) is 4.20. The lowest BCUT2D eigenvalue weighted by molar-refractivity contribution is -0.116. The van der Waals surface area contributed by atoms with Crippen molar-refractivity contribution in [2.75, 3.05) is 5.32 Å². The number of allylic oxidation sites excluding steroid dienone is 1. The molecule has 0 unspecified atom stereocenters. The first-order chi connectivity index (χ1) is 11.5. The molecular weight excluding hydrogens is 307 g/mol. The number of aryl methyl sites for hydroxylation is 1. The molecule has 2 aromatic rings. The highest BCUT2D eigenvalue weighted by molar-refractivity contribution is 5.96. The van der Waals surface area contributed by atoms with Crippen LogP contribution in [0.15, 0.2) is 60.8 Å². The van der Waals surface area contributed by atoms with Crippen molar-refractivity contribution in [3.05, 3.63) is 77.8 Å². The van der Waals surface area contributed by atoms with Gasteiger partial charge in [-0.15, -0.1) is 0 Å². The summed E-state index contributed by atoms with van der Waals surface area (Å²) in [5.41, 5.74) is 2.43. The normalized spacial score (nSPS) is 17.0. The van der Waals surface area contributed by atoms with Crippen molar-refractivity contribution in [1.82, 2.24) is 4.90 Å². The minimum atomic E-state index is -0.451. The molecule has 1 aliphatic rings. The van der Waals surface area contributed by atoms with Crippen molar-refractivity contribution in [1.29, 1.82) is 0 Å². The number of hydrogen-bond acceptors (Lipinski definition) is 2. The van der Waals surface area contributed by atoms with Crippen LogP contribution < -0.4 is 5.32 Å². The van der Waals surface area contributed by atoms with Crippen LogP contribution in [0.3, 0.4) is 0 Å². The largest absolute Gasteiger partial charge is 0.326 e. The smallest absolute Gasteiger partial charge is 0.308 e. The lowest BCUT2D eigenvalue weighted by atomic mass is 9.97. The van der Waals surface area contributed by atoms with Gasteiger partial charge in [-0.05, 0) is 48.4 Å². The summed E-state index contributed by atoms with van der Waals surface area (Å²) in [7, 11) is 0. The standard InChI is InChI=1S/C19H17FN2O2/c1-13-3-2-4-16(11-13)21-19(24)22-10-9-17(23)12-18(22)14-5-7-15(20)8-6-14/h2-11,18H,12H2,1H3,(H,21,24)/t18-/m0/s1. The van der Waals surface area contributed by atoms with Gasteiger partial charge in [-0.25, -0.2) is 9.18 Å². The van der Waals surface area contributed by atoms with Gasteiger partial charge in [-0.2, -0.15) is 0 Å². The summed E-state index contributed by atoms with van der Waals surface area (Å²) in [6, 6.07) is 12.5. The van der Waals surface area contributed by atoms with Gasteiger partial charge < -0.3 is 5.32 Å². The molecule has 4 nitrogen and oxygen atoms in total. The quantitative estimate of drug-likeness (QED) is 0.900. The Balaban J connectivity index is 1.85. The van der Waals surface area contributed by atoms with E-state index in [-0.39, 0.29) is 24.1 Å². The van der Waals surface area contributed by atoms with E-state index in [0.717, 1.165) is 5.56 Å². The number of amides is 2. The summed E-state index contributed by atoms with van der Waals surface area (Å²) < 4.78 is 13.1. The maximum atomic E-state index is 13.1. The van der Waals surface area contributed by atoms with Gasteiger partial charge in [0.25, 0.3) is 0 Å². The third kappa shape index (κ3) is 3.51. The molecule has 0 radical (unpaired) electrons. The van der Waals surface area contributed by atoms with Crippen LogP contribution >= 0.6 is 0 Å². The highest BCUT2D eigenvalue weighted by atomic mass is 19.1. The Bertz CT molecular complexity index is 799. The molecule has 2 aromatic carbocycles. The summed E-state index contributed by atoms with van der Waals surface area (Å²) >= 11 is 0. The zero-order valence-corrected chi connectivity index (χ0v) is 13.2. The third-order valence-electron chi connectivity index (χ3n) is 3.91. The Morgan fingerprint density at radius 1 is 1.21 bits per heavy atom. The van der Waals surface area contributed by atoms with E-state index in [9.17, 15) is 14.0 Å². The number of benzene rings is 2. The molecule has 1 N–H and O–H groups in total. The fourth-order valence-electron chi connectivity index (χ4n) is 2.71. The molecule has 1 aliphatic heterocycles. The van der Waals surface area contributed by atoms with Crippen molar-refractivity contribution in [2.24, 2.45) is 0 Å². The van der Waals surface area contributed by atoms with Gasteiger partial charge in [0.15, 0.2) is 5.78 Å². The van der Waals surface area contributed by atoms with Crippen molar-refractivity contribution in [3.8, 4) is 0 Å². The van der Waals surface area contributed by atoms with Gasteiger partial charge in [0.2, 0.25) is 0 Å². The minimum absolute atomic E-state index is 0.0658. The summed E-state index contributed by atoms with van der Waals surface area (Å²) in [4.78, 5) is 25.8. The summed E-state index contributed by atoms with van der Waals surface area (Å²) in [5.74, 6) is -0.420. The second kappa shape index (κ2) is 6.66. The lowest BCUT2D eigenvalue weighted by Crippen LogP contribution is -2.37. The molecule has 2 amide bonds. The molecule has 5 heteroatoms. The second-order valence-electron chi connectivity index (χ2n) is 5.76. The third-order valence-corrected chi connectivity index (χ3v) is 3.91. The maximum absolute atomic E-state index is 13.1. The van der Waals surface area contributed by atoms with Crippen LogP contribution in [0.5, 0.6) is 0 Å². The van der Waals surface area contributed by atoms with Crippen molar-refractivity contribution in [2.45, 2.75) is 19.4 Å². The first kappa shape index (κ1) is 15.9. The molecule has 0 bridgehead atoms. The summed E-state index contributed by atoms with van der Waals surface area (Å²) in [6.45, 7) is 1.94. The molecule has 0 fully saturated rings. The Morgan fingerprint density at radius 3 is 2.67 bits per heavy atom. The van der Waals surface area contributed by atoms with Gasteiger partial charge >= 0.3 is 6.03 Å². The summed E-state index contributed by atoms with van der Waals surface area (Å²) in [6.07, 6.45) is 3.03. The van der Waals surface area contributed by atoms with E-state index < -0.39 is 6.04 Å². The zero-order chi connectivity index (χ0) is 17.1. The van der Waals surface area contributed by atoms with Crippen molar-refractivity contribution >= 4 is 17.5 Å². The van der Waals surface area contributed by atoms with Crippen LogP contribution in [0.25, 0.3) is 0 Å². The van der Waals surface area contributed by atoms with Crippen LogP contribution in [-0.2, 0) is 4.79 Å². The van der Waals surface area contributed by atoms with E-state index in [1.807, 2.05) is 25.1 Å². The van der Waals surface area contributed by atoms with Crippen LogP contribution in [0.1, 0.15) is 23.6 Å². The average Bonchev–Trinajstić information content (AvgIpc) is 2.55. The number of rotatable bonds is 2. The van der Waals surface area contributed by atoms with Gasteiger partial charge in [0.05, 0.1) is 6.04 Å². The number of hydrogen-bond donors (Lipinski definition) is 1. The first-order valence-corrected chi connectivity index (χ1v) is 7.65. The molecule has 0 spiro atoms. The molecule has 0 saturated heterocycles. The number of nitrogens with zero attached hydrogens (tertiary/aromatic N) is 1. The van der Waals surface area contributed by atoms with Crippen LogP contribution in [0.4, 0.5) is 14.9 Å². The topological polar surface area (TPSA) is 49.4 Å². The number of anilines is 1. The van der Waals surface area contributed by atoms with Gasteiger partial charge in [0.1, 0.15) is 5.82 Å². The minimum Gasteiger partial charge on any atom is -0.308 e. The molecule has 1 atom stereocenters. The molecule has 0 aliphatic carbocycles. The molecular formula is C19H17FN2O2. The Morgan fingerprint density at radius 2 is 1.96 bits per heavy atom. The van der Waals surface area contributed by atoms with Crippen LogP contribution in [0.2, 0.25) is 0 Å². The number of nitrogens with one attached hydrogen (secondary N) is 1. The summed E-state index contributed by atoms with van der Waals surface area (Å²) in [5, 5.41) is 2.83. The van der Waals surface area contributed by atoms with E-state index >= 15 is 0 Å². The van der Waals surface area contributed by atoms with E-state index in [1.165, 1.54) is 29.3 Å². The molecule has 1 heterocycles. The van der Waals surface area contributed by atoms with Crippen molar-refractivity contribution in [3.63, 3.8) is 0 Å². The number of urea groups is 1. The zero-order valence-electron chi connectivity index (χ0n) is 13.2. The number of ketones is 1. The Labute approximate surface area is 139 Å². The van der Waals surface area contributed by atoms with E-state index in [4.69, 9.17) is 0 Å². The molecule has 0 saturated carbocycles. The highest BCUT2D eigenvalue weighted by Gasteiger charge is 2.28. The van der Waals surface area contributed by atoms with E-state index in [0.29, 0.717) is 11.3 Å². The van der Waals surface area contributed by atoms with Crippen molar-refractivity contribution < 1.29 is 14.0 Å². The van der Waals surface area contributed by atoms with Crippen LogP contribution in [0, 0.1) is 12.7 Å². The molecule has 3 rings (SSSR count). The first-order valence-electron chi connectivity index (χ1n) is 7.65. The fraction of sp³-hybridized carbons (Fsp3) is 0.158. The molecule has 0 aromatic heterocycles. The van der Waals surface area contributed by atoms with Gasteiger partial charge in [0, 0.05) is 18.3 Å². The lowest BCUT2D eigenvalue weighted by Gasteiger charge is -2.31. The van der Waals surface area contributed by atoms with Gasteiger partial charge in [-0.1, -0.05) is 24.3 Å². The maximum Gasteiger partial charge on any atom is 0.326 e. The SMILES string of the molecule is Cc1cccc(NC(=O)N2C=CC(=O)C[C@H]2c2ccc(F)cc2)c1. The van der Waals surface area contributed by atoms with Gasteiger partial charge in [-0.3, -0.25) is 9.69 Å². The van der Waals surface area contributed by atoms with E-state index in [2.05, 4.69) is 5.32 Å². The number of halogens is 1. The Hall–Kier alpha value is -2.95. The fourth-order valence-corrected chi connectivity index (χ4v) is 2.71. The number of carbonyl (C=O) groups excluding carboxylic acids is 2. The van der Waals surface area contributed by atoms with Crippen LogP contribution in [-0.4, -0.2) is 16.7 Å². The predicted molar refractivity (Wildman–Crippen MR) is 89.9 cm³/mol. The highest BCUT2D eigenvalue weighted by Crippen LogP contribution is 2.29. The number of carbonyl (C=O) groups is 2. The molecule has 122 valence electrons. The monoisotopic (exact) mass is 324 g/mol. The average molecular weight is 324 g/mol. The second-order valence-corrected chi connectivity index (χ2v) is 5.76. The molecule has 24 heavy (non-hydrogen) atoms.